The normalized spacial score (nSPS) is 25.1. The number of hydrogen-bond acceptors (Lipinski definition) is 3. The summed E-state index contributed by atoms with van der Waals surface area (Å²) in [6.45, 7) is 3.55. The van der Waals surface area contributed by atoms with Gasteiger partial charge in [0.2, 0.25) is 0 Å². The lowest BCUT2D eigenvalue weighted by atomic mass is 10.1. The molecule has 0 spiro atoms. The highest BCUT2D eigenvalue weighted by Gasteiger charge is 2.33. The Morgan fingerprint density at radius 3 is 3.00 bits per heavy atom. The van der Waals surface area contributed by atoms with E-state index in [1.165, 1.54) is 11.3 Å². The number of nitrogens with zero attached hydrogens (tertiary/aromatic N) is 1. The van der Waals surface area contributed by atoms with E-state index in [-0.39, 0.29) is 5.91 Å². The van der Waals surface area contributed by atoms with E-state index in [0.717, 1.165) is 22.3 Å². The van der Waals surface area contributed by atoms with Gasteiger partial charge in [-0.3, -0.25) is 4.79 Å². The Labute approximate surface area is 108 Å². The fourth-order valence-electron chi connectivity index (χ4n) is 2.17. The van der Waals surface area contributed by atoms with Crippen molar-refractivity contribution >= 4 is 33.2 Å². The lowest BCUT2D eigenvalue weighted by Gasteiger charge is -2.20. The van der Waals surface area contributed by atoms with Crippen LogP contribution in [0.25, 0.3) is 0 Å². The van der Waals surface area contributed by atoms with Crippen molar-refractivity contribution in [1.29, 1.82) is 0 Å². The molecule has 1 amide bonds. The van der Waals surface area contributed by atoms with Crippen molar-refractivity contribution < 1.29 is 4.79 Å². The molecule has 3 nitrogen and oxygen atoms in total. The molecule has 0 aromatic carbocycles. The van der Waals surface area contributed by atoms with Gasteiger partial charge in [0.15, 0.2) is 0 Å². The van der Waals surface area contributed by atoms with Gasteiger partial charge < -0.3 is 10.6 Å². The summed E-state index contributed by atoms with van der Waals surface area (Å²) in [6.07, 6.45) is 1.02. The van der Waals surface area contributed by atoms with Gasteiger partial charge in [-0.2, -0.15) is 0 Å². The Bertz CT molecular complexity index is 393. The second kappa shape index (κ2) is 4.85. The molecular formula is C11H15BrN2OS. The molecule has 0 saturated carbocycles. The van der Waals surface area contributed by atoms with E-state index in [2.05, 4.69) is 22.9 Å². The fourth-order valence-corrected chi connectivity index (χ4v) is 3.67. The third-order valence-electron chi connectivity index (χ3n) is 3.07. The number of thiophene rings is 1. The third-order valence-corrected chi connectivity index (χ3v) is 4.89. The van der Waals surface area contributed by atoms with Crippen LogP contribution in [0, 0.1) is 5.92 Å². The van der Waals surface area contributed by atoms with Gasteiger partial charge in [0.05, 0.1) is 0 Å². The molecule has 0 radical (unpaired) electrons. The summed E-state index contributed by atoms with van der Waals surface area (Å²) < 4.78 is 0.894. The minimum atomic E-state index is 0.130. The zero-order valence-electron chi connectivity index (χ0n) is 9.15. The first-order chi connectivity index (χ1) is 7.63. The molecule has 0 bridgehead atoms. The van der Waals surface area contributed by atoms with Crippen molar-refractivity contribution in [2.75, 3.05) is 13.1 Å². The van der Waals surface area contributed by atoms with Gasteiger partial charge in [0.1, 0.15) is 4.88 Å². The summed E-state index contributed by atoms with van der Waals surface area (Å²) in [4.78, 5) is 15.0. The van der Waals surface area contributed by atoms with Crippen molar-refractivity contribution in [3.8, 4) is 0 Å². The molecule has 2 N–H and O–H groups in total. The molecule has 0 aliphatic carbocycles. The molecule has 2 rings (SSSR count). The standard InChI is InChI=1S/C11H15BrN2OS/c1-7-4-8(5-13)6-14(7)11(15)10-9(12)2-3-16-10/h2-3,7-8H,4-6,13H2,1H3. The first kappa shape index (κ1) is 12.1. The van der Waals surface area contributed by atoms with Crippen LogP contribution in [0.1, 0.15) is 23.0 Å². The summed E-state index contributed by atoms with van der Waals surface area (Å²) in [7, 11) is 0. The van der Waals surface area contributed by atoms with Crippen LogP contribution in [0.15, 0.2) is 15.9 Å². The molecule has 1 aliphatic heterocycles. The molecule has 1 saturated heterocycles. The monoisotopic (exact) mass is 302 g/mol. The average molecular weight is 303 g/mol. The number of carbonyl (C=O) groups is 1. The summed E-state index contributed by atoms with van der Waals surface area (Å²) in [5, 5.41) is 1.93. The largest absolute Gasteiger partial charge is 0.335 e. The second-order valence-electron chi connectivity index (χ2n) is 4.24. The smallest absolute Gasteiger partial charge is 0.265 e. The van der Waals surface area contributed by atoms with Gasteiger partial charge in [-0.25, -0.2) is 0 Å². The fraction of sp³-hybridized carbons (Fsp3) is 0.545. The Balaban J connectivity index is 2.14. The van der Waals surface area contributed by atoms with Crippen LogP contribution in [0.3, 0.4) is 0 Å². The maximum Gasteiger partial charge on any atom is 0.265 e. The van der Waals surface area contributed by atoms with Crippen LogP contribution in [-0.4, -0.2) is 29.9 Å². The van der Waals surface area contributed by atoms with E-state index in [1.807, 2.05) is 16.3 Å². The van der Waals surface area contributed by atoms with E-state index in [1.54, 1.807) is 0 Å². The Morgan fingerprint density at radius 2 is 2.50 bits per heavy atom. The van der Waals surface area contributed by atoms with Crippen LogP contribution in [-0.2, 0) is 0 Å². The molecule has 1 aromatic rings. The predicted molar refractivity (Wildman–Crippen MR) is 69.7 cm³/mol. The number of halogens is 1. The average Bonchev–Trinajstić information content (AvgIpc) is 2.83. The highest BCUT2D eigenvalue weighted by molar-refractivity contribution is 9.10. The number of rotatable bonds is 2. The SMILES string of the molecule is CC1CC(CN)CN1C(=O)c1sccc1Br. The van der Waals surface area contributed by atoms with Crippen molar-refractivity contribution in [2.45, 2.75) is 19.4 Å². The van der Waals surface area contributed by atoms with Crippen molar-refractivity contribution in [3.63, 3.8) is 0 Å². The maximum absolute atomic E-state index is 12.3. The molecule has 1 fully saturated rings. The lowest BCUT2D eigenvalue weighted by molar-refractivity contribution is 0.0747. The molecule has 16 heavy (non-hydrogen) atoms. The van der Waals surface area contributed by atoms with Crippen LogP contribution in [0.2, 0.25) is 0 Å². The maximum atomic E-state index is 12.3. The molecule has 5 heteroatoms. The number of hydrogen-bond donors (Lipinski definition) is 1. The van der Waals surface area contributed by atoms with Gasteiger partial charge in [-0.05, 0) is 53.2 Å². The van der Waals surface area contributed by atoms with Crippen LogP contribution in [0.5, 0.6) is 0 Å². The Kier molecular flexibility index (Phi) is 3.66. The number of likely N-dealkylation sites (tertiary alicyclic amines) is 1. The summed E-state index contributed by atoms with van der Waals surface area (Å²) in [5.74, 6) is 0.586. The highest BCUT2D eigenvalue weighted by atomic mass is 79.9. The van der Waals surface area contributed by atoms with E-state index in [0.29, 0.717) is 18.5 Å². The zero-order valence-corrected chi connectivity index (χ0v) is 11.6. The van der Waals surface area contributed by atoms with Gasteiger partial charge in [-0.15, -0.1) is 11.3 Å². The van der Waals surface area contributed by atoms with Crippen LogP contribution in [0.4, 0.5) is 0 Å². The van der Waals surface area contributed by atoms with Crippen molar-refractivity contribution in [2.24, 2.45) is 11.7 Å². The predicted octanol–water partition coefficient (Wildman–Crippen LogP) is 2.32. The van der Waals surface area contributed by atoms with Crippen LogP contribution < -0.4 is 5.73 Å². The third kappa shape index (κ3) is 2.17. The molecule has 2 atom stereocenters. The molecule has 1 aliphatic rings. The molecular weight excluding hydrogens is 288 g/mol. The highest BCUT2D eigenvalue weighted by Crippen LogP contribution is 2.29. The second-order valence-corrected chi connectivity index (χ2v) is 6.01. The first-order valence-electron chi connectivity index (χ1n) is 5.37. The lowest BCUT2D eigenvalue weighted by Crippen LogP contribution is -2.34. The minimum Gasteiger partial charge on any atom is -0.335 e. The summed E-state index contributed by atoms with van der Waals surface area (Å²) in [5.41, 5.74) is 5.66. The Hall–Kier alpha value is -0.390. The van der Waals surface area contributed by atoms with Gasteiger partial charge in [0, 0.05) is 17.1 Å². The molecule has 88 valence electrons. The van der Waals surface area contributed by atoms with Gasteiger partial charge in [-0.1, -0.05) is 0 Å². The van der Waals surface area contributed by atoms with Crippen molar-refractivity contribution in [1.82, 2.24) is 4.90 Å². The van der Waals surface area contributed by atoms with E-state index in [9.17, 15) is 4.79 Å². The number of carbonyl (C=O) groups excluding carboxylic acids is 1. The number of nitrogens with two attached hydrogens (primary N) is 1. The molecule has 2 unspecified atom stereocenters. The topological polar surface area (TPSA) is 46.3 Å². The van der Waals surface area contributed by atoms with E-state index < -0.39 is 0 Å². The number of amides is 1. The Morgan fingerprint density at radius 1 is 1.75 bits per heavy atom. The molecule has 2 heterocycles. The minimum absolute atomic E-state index is 0.130. The quantitative estimate of drug-likeness (QED) is 0.911. The van der Waals surface area contributed by atoms with Gasteiger partial charge >= 0.3 is 0 Å². The van der Waals surface area contributed by atoms with Crippen LogP contribution >= 0.6 is 27.3 Å². The first-order valence-corrected chi connectivity index (χ1v) is 7.04. The zero-order chi connectivity index (χ0) is 11.7. The van der Waals surface area contributed by atoms with Gasteiger partial charge in [0.25, 0.3) is 5.91 Å². The molecule has 1 aromatic heterocycles. The van der Waals surface area contributed by atoms with Crippen molar-refractivity contribution in [3.05, 3.63) is 20.8 Å². The summed E-state index contributed by atoms with van der Waals surface area (Å²) in [6, 6.07) is 2.22. The van der Waals surface area contributed by atoms with E-state index >= 15 is 0 Å². The van der Waals surface area contributed by atoms with E-state index in [4.69, 9.17) is 5.73 Å². The summed E-state index contributed by atoms with van der Waals surface area (Å²) >= 11 is 4.89.